The van der Waals surface area contributed by atoms with Gasteiger partial charge in [-0.05, 0) is 66.5 Å². The van der Waals surface area contributed by atoms with E-state index in [4.69, 9.17) is 11.6 Å². The van der Waals surface area contributed by atoms with E-state index in [1.165, 1.54) is 42.4 Å². The van der Waals surface area contributed by atoms with Gasteiger partial charge in [0.15, 0.2) is 0 Å². The average molecular weight is 341 g/mol. The number of nitrogens with one attached hydrogen (secondary N) is 1. The molecule has 0 saturated heterocycles. The Hall–Kier alpha value is -1.38. The monoisotopic (exact) mass is 340 g/mol. The molecule has 2 fully saturated rings. The number of benzene rings is 1. The summed E-state index contributed by atoms with van der Waals surface area (Å²) in [6.45, 7) is 3.08. The van der Waals surface area contributed by atoms with Crippen LogP contribution in [0.1, 0.15) is 48.3 Å². The highest BCUT2D eigenvalue weighted by atomic mass is 35.5. The van der Waals surface area contributed by atoms with E-state index >= 15 is 0 Å². The lowest BCUT2D eigenvalue weighted by atomic mass is 9.53. The number of hydrogen-bond acceptors (Lipinski definition) is 2. The summed E-state index contributed by atoms with van der Waals surface area (Å²) in [5.74, 6) is 2.31. The maximum absolute atomic E-state index is 6.09. The Labute approximate surface area is 149 Å². The van der Waals surface area contributed by atoms with E-state index in [0.717, 1.165) is 23.4 Å². The minimum atomic E-state index is 0.587. The molecular formula is C21H25ClN2. The van der Waals surface area contributed by atoms with E-state index < -0.39 is 0 Å². The number of aryl methyl sites for hydroxylation is 1. The molecule has 2 aromatic rings. The summed E-state index contributed by atoms with van der Waals surface area (Å²) in [6, 6.07) is 11.3. The molecule has 2 aliphatic rings. The standard InChI is InChI=1S/C21H25ClN2/c1-14-12-23-11-10-16(14)13-24-21-19-5-3-2-4-18(19)20(21)15-6-8-17(22)9-7-15/h6-12,18-21,24H,2-5,13H2,1H3/t18-,19-,20+,21+/m0/s1. The van der Waals surface area contributed by atoms with Gasteiger partial charge < -0.3 is 5.32 Å². The molecule has 2 saturated carbocycles. The van der Waals surface area contributed by atoms with Gasteiger partial charge in [0.2, 0.25) is 0 Å². The van der Waals surface area contributed by atoms with E-state index in [2.05, 4.69) is 35.4 Å². The Balaban J connectivity index is 1.52. The second kappa shape index (κ2) is 6.85. The first-order chi connectivity index (χ1) is 11.7. The average Bonchev–Trinajstić information content (AvgIpc) is 2.59. The quantitative estimate of drug-likeness (QED) is 0.837. The topological polar surface area (TPSA) is 24.9 Å². The number of fused-ring (bicyclic) bond motifs is 1. The van der Waals surface area contributed by atoms with Crippen LogP contribution in [-0.4, -0.2) is 11.0 Å². The van der Waals surface area contributed by atoms with E-state index in [9.17, 15) is 0 Å². The molecule has 0 unspecified atom stereocenters. The SMILES string of the molecule is Cc1cnccc1CN[C@@H]1[C@H]2CCCC[C@@H]2[C@H]1c1ccc(Cl)cc1. The minimum Gasteiger partial charge on any atom is -0.309 e. The lowest BCUT2D eigenvalue weighted by Gasteiger charge is -2.55. The molecule has 2 nitrogen and oxygen atoms in total. The van der Waals surface area contributed by atoms with Gasteiger partial charge in [-0.1, -0.05) is 36.6 Å². The van der Waals surface area contributed by atoms with Crippen LogP contribution in [0.3, 0.4) is 0 Å². The summed E-state index contributed by atoms with van der Waals surface area (Å²) in [7, 11) is 0. The molecule has 0 bridgehead atoms. The molecule has 4 atom stereocenters. The first-order valence-corrected chi connectivity index (χ1v) is 9.50. The molecule has 3 heteroatoms. The van der Waals surface area contributed by atoms with Gasteiger partial charge in [0, 0.05) is 35.9 Å². The fraction of sp³-hybridized carbons (Fsp3) is 0.476. The zero-order valence-corrected chi connectivity index (χ0v) is 15.0. The van der Waals surface area contributed by atoms with Crippen molar-refractivity contribution in [2.24, 2.45) is 11.8 Å². The summed E-state index contributed by atoms with van der Waals surface area (Å²) in [5, 5.41) is 4.71. The molecule has 0 radical (unpaired) electrons. The van der Waals surface area contributed by atoms with Crippen molar-refractivity contribution in [3.63, 3.8) is 0 Å². The number of rotatable bonds is 4. The molecule has 4 rings (SSSR count). The van der Waals surface area contributed by atoms with Crippen LogP contribution >= 0.6 is 11.6 Å². The van der Waals surface area contributed by atoms with E-state index in [1.54, 1.807) is 0 Å². The van der Waals surface area contributed by atoms with Crippen LogP contribution < -0.4 is 5.32 Å². The van der Waals surface area contributed by atoms with Crippen molar-refractivity contribution in [1.82, 2.24) is 10.3 Å². The predicted molar refractivity (Wildman–Crippen MR) is 99.2 cm³/mol. The van der Waals surface area contributed by atoms with Gasteiger partial charge in [-0.25, -0.2) is 0 Å². The third kappa shape index (κ3) is 2.98. The van der Waals surface area contributed by atoms with Gasteiger partial charge in [0.25, 0.3) is 0 Å². The van der Waals surface area contributed by atoms with Gasteiger partial charge >= 0.3 is 0 Å². The molecule has 0 amide bonds. The highest BCUT2D eigenvalue weighted by molar-refractivity contribution is 6.30. The van der Waals surface area contributed by atoms with Crippen LogP contribution in [0.15, 0.2) is 42.7 Å². The van der Waals surface area contributed by atoms with Crippen LogP contribution in [0.4, 0.5) is 0 Å². The van der Waals surface area contributed by atoms with E-state index in [0.29, 0.717) is 12.0 Å². The first kappa shape index (κ1) is 16.1. The Morgan fingerprint density at radius 2 is 1.83 bits per heavy atom. The molecule has 126 valence electrons. The van der Waals surface area contributed by atoms with Gasteiger partial charge in [0.05, 0.1) is 0 Å². The lowest BCUT2D eigenvalue weighted by molar-refractivity contribution is 0.0254. The number of hydrogen-bond donors (Lipinski definition) is 1. The molecular weight excluding hydrogens is 316 g/mol. The van der Waals surface area contributed by atoms with Crippen molar-refractivity contribution in [2.45, 2.75) is 51.1 Å². The van der Waals surface area contributed by atoms with Crippen molar-refractivity contribution in [3.05, 3.63) is 64.4 Å². The van der Waals surface area contributed by atoms with Crippen LogP contribution in [-0.2, 0) is 6.54 Å². The van der Waals surface area contributed by atoms with Crippen LogP contribution in [0.5, 0.6) is 0 Å². The Morgan fingerprint density at radius 1 is 1.08 bits per heavy atom. The summed E-state index contributed by atoms with van der Waals surface area (Å²) >= 11 is 6.09. The van der Waals surface area contributed by atoms with E-state index in [1.807, 2.05) is 24.5 Å². The van der Waals surface area contributed by atoms with Crippen molar-refractivity contribution < 1.29 is 0 Å². The Kier molecular flexibility index (Phi) is 4.60. The van der Waals surface area contributed by atoms with Crippen LogP contribution in [0.2, 0.25) is 5.02 Å². The number of halogens is 1. The zero-order valence-electron chi connectivity index (χ0n) is 14.2. The Morgan fingerprint density at radius 3 is 2.58 bits per heavy atom. The maximum Gasteiger partial charge on any atom is 0.0406 e. The van der Waals surface area contributed by atoms with Crippen molar-refractivity contribution in [2.75, 3.05) is 0 Å². The fourth-order valence-corrected chi connectivity index (χ4v) is 4.94. The molecule has 24 heavy (non-hydrogen) atoms. The summed E-state index contributed by atoms with van der Waals surface area (Å²) in [6.07, 6.45) is 9.39. The largest absolute Gasteiger partial charge is 0.309 e. The molecule has 1 heterocycles. The van der Waals surface area contributed by atoms with Crippen LogP contribution in [0.25, 0.3) is 0 Å². The smallest absolute Gasteiger partial charge is 0.0406 e. The van der Waals surface area contributed by atoms with Gasteiger partial charge in [-0.3, -0.25) is 4.98 Å². The third-order valence-electron chi connectivity index (χ3n) is 6.10. The summed E-state index contributed by atoms with van der Waals surface area (Å²) < 4.78 is 0. The number of pyridine rings is 1. The summed E-state index contributed by atoms with van der Waals surface area (Å²) in [4.78, 5) is 4.20. The third-order valence-corrected chi connectivity index (χ3v) is 6.36. The molecule has 1 aromatic carbocycles. The number of aromatic nitrogens is 1. The fourth-order valence-electron chi connectivity index (χ4n) is 4.81. The zero-order chi connectivity index (χ0) is 16.5. The van der Waals surface area contributed by atoms with E-state index in [-0.39, 0.29) is 0 Å². The minimum absolute atomic E-state index is 0.587. The predicted octanol–water partition coefficient (Wildman–Crippen LogP) is 5.11. The second-order valence-corrected chi connectivity index (χ2v) is 7.83. The normalized spacial score (nSPS) is 28.9. The molecule has 1 N–H and O–H groups in total. The number of nitrogens with zero attached hydrogens (tertiary/aromatic N) is 1. The lowest BCUT2D eigenvalue weighted by Crippen LogP contribution is -2.57. The van der Waals surface area contributed by atoms with Crippen molar-refractivity contribution >= 4 is 11.6 Å². The van der Waals surface area contributed by atoms with Crippen LogP contribution in [0, 0.1) is 18.8 Å². The first-order valence-electron chi connectivity index (χ1n) is 9.12. The van der Waals surface area contributed by atoms with Gasteiger partial charge in [-0.15, -0.1) is 0 Å². The summed E-state index contributed by atoms with van der Waals surface area (Å²) in [5.41, 5.74) is 4.08. The van der Waals surface area contributed by atoms with Crippen molar-refractivity contribution in [3.8, 4) is 0 Å². The molecule has 1 aromatic heterocycles. The van der Waals surface area contributed by atoms with Gasteiger partial charge in [-0.2, -0.15) is 0 Å². The van der Waals surface area contributed by atoms with Crippen molar-refractivity contribution in [1.29, 1.82) is 0 Å². The highest BCUT2D eigenvalue weighted by Gasteiger charge is 2.50. The Bertz CT molecular complexity index is 697. The van der Waals surface area contributed by atoms with Gasteiger partial charge in [0.1, 0.15) is 0 Å². The molecule has 0 spiro atoms. The molecule has 0 aliphatic heterocycles. The maximum atomic E-state index is 6.09. The highest BCUT2D eigenvalue weighted by Crippen LogP contribution is 2.54. The molecule has 2 aliphatic carbocycles. The second-order valence-electron chi connectivity index (χ2n) is 7.40.